The van der Waals surface area contributed by atoms with Gasteiger partial charge in [-0.2, -0.15) is 13.2 Å². The first-order chi connectivity index (χ1) is 10.3. The van der Waals surface area contributed by atoms with Crippen LogP contribution in [0.25, 0.3) is 0 Å². The monoisotopic (exact) mass is 317 g/mol. The first-order valence-corrected chi connectivity index (χ1v) is 7.01. The quantitative estimate of drug-likeness (QED) is 0.932. The van der Waals surface area contributed by atoms with Crippen molar-refractivity contribution in [2.45, 2.75) is 38.6 Å². The lowest BCUT2D eigenvalue weighted by molar-refractivity contribution is -0.137. The number of aromatic nitrogens is 1. The van der Waals surface area contributed by atoms with Crippen molar-refractivity contribution < 1.29 is 22.7 Å². The molecule has 22 heavy (non-hydrogen) atoms. The third-order valence-electron chi connectivity index (χ3n) is 3.19. The molecule has 2 amide bonds. The average Bonchev–Trinajstić information content (AvgIpc) is 2.86. The van der Waals surface area contributed by atoms with Gasteiger partial charge in [-0.1, -0.05) is 0 Å². The molecule has 0 aliphatic carbocycles. The Labute approximate surface area is 126 Å². The van der Waals surface area contributed by atoms with Gasteiger partial charge in [0.2, 0.25) is 5.88 Å². The van der Waals surface area contributed by atoms with Gasteiger partial charge in [-0.15, -0.1) is 0 Å². The molecular formula is C14H18F3N3O2. The van der Waals surface area contributed by atoms with E-state index in [0.717, 1.165) is 18.3 Å². The molecule has 0 saturated carbocycles. The SMILES string of the molecule is CC(C)NC(=O)N1CCC(Oc2cc(C(F)(F)F)ccn2)C1. The van der Waals surface area contributed by atoms with E-state index in [1.165, 1.54) is 0 Å². The number of nitrogens with zero attached hydrogens (tertiary/aromatic N) is 2. The predicted molar refractivity (Wildman–Crippen MR) is 73.5 cm³/mol. The highest BCUT2D eigenvalue weighted by atomic mass is 19.4. The maximum atomic E-state index is 12.6. The Bertz CT molecular complexity index is 534. The van der Waals surface area contributed by atoms with E-state index >= 15 is 0 Å². The summed E-state index contributed by atoms with van der Waals surface area (Å²) >= 11 is 0. The highest BCUT2D eigenvalue weighted by molar-refractivity contribution is 5.74. The number of ether oxygens (including phenoxy) is 1. The largest absolute Gasteiger partial charge is 0.472 e. The molecule has 2 heterocycles. The van der Waals surface area contributed by atoms with Crippen LogP contribution in [0.3, 0.4) is 0 Å². The van der Waals surface area contributed by atoms with Crippen LogP contribution < -0.4 is 10.1 Å². The standard InChI is InChI=1S/C14H18F3N3O2/c1-9(2)19-13(21)20-6-4-11(8-20)22-12-7-10(3-5-18-12)14(15,16)17/h3,5,7,9,11H,4,6,8H2,1-2H3,(H,19,21). The molecule has 122 valence electrons. The minimum atomic E-state index is -4.43. The van der Waals surface area contributed by atoms with Gasteiger partial charge in [-0.3, -0.25) is 0 Å². The molecule has 1 N–H and O–H groups in total. The van der Waals surface area contributed by atoms with E-state index in [-0.39, 0.29) is 24.1 Å². The first kappa shape index (κ1) is 16.4. The number of amides is 2. The van der Waals surface area contributed by atoms with Crippen LogP contribution in [0.15, 0.2) is 18.3 Å². The summed E-state index contributed by atoms with van der Waals surface area (Å²) in [5, 5.41) is 2.77. The molecule has 1 atom stereocenters. The molecular weight excluding hydrogens is 299 g/mol. The van der Waals surface area contributed by atoms with Gasteiger partial charge >= 0.3 is 12.2 Å². The van der Waals surface area contributed by atoms with Crippen LogP contribution in [0.2, 0.25) is 0 Å². The Kier molecular flexibility index (Phi) is 4.77. The highest BCUT2D eigenvalue weighted by Crippen LogP contribution is 2.30. The van der Waals surface area contributed by atoms with E-state index in [1.54, 1.807) is 4.90 Å². The summed E-state index contributed by atoms with van der Waals surface area (Å²) in [5.41, 5.74) is -0.801. The smallest absolute Gasteiger partial charge is 0.416 e. The van der Waals surface area contributed by atoms with Crippen LogP contribution in [-0.4, -0.2) is 41.2 Å². The number of carbonyl (C=O) groups excluding carboxylic acids is 1. The second kappa shape index (κ2) is 6.41. The van der Waals surface area contributed by atoms with Gasteiger partial charge in [-0.25, -0.2) is 9.78 Å². The number of halogens is 3. The lowest BCUT2D eigenvalue weighted by Crippen LogP contribution is -2.42. The number of pyridine rings is 1. The number of alkyl halides is 3. The predicted octanol–water partition coefficient (Wildman–Crippen LogP) is 2.67. The van der Waals surface area contributed by atoms with Crippen molar-refractivity contribution in [1.82, 2.24) is 15.2 Å². The lowest BCUT2D eigenvalue weighted by atomic mass is 10.2. The summed E-state index contributed by atoms with van der Waals surface area (Å²) in [6, 6.07) is 1.59. The van der Waals surface area contributed by atoms with Gasteiger partial charge in [0.15, 0.2) is 0 Å². The number of hydrogen-bond acceptors (Lipinski definition) is 3. The molecule has 1 fully saturated rings. The summed E-state index contributed by atoms with van der Waals surface area (Å²) in [4.78, 5) is 17.2. The molecule has 1 aromatic rings. The maximum Gasteiger partial charge on any atom is 0.416 e. The summed E-state index contributed by atoms with van der Waals surface area (Å²) < 4.78 is 43.3. The Morgan fingerprint density at radius 3 is 2.86 bits per heavy atom. The van der Waals surface area contributed by atoms with Gasteiger partial charge in [0.05, 0.1) is 12.1 Å². The number of urea groups is 1. The topological polar surface area (TPSA) is 54.5 Å². The van der Waals surface area contributed by atoms with Crippen LogP contribution in [0, 0.1) is 0 Å². The maximum absolute atomic E-state index is 12.6. The number of carbonyl (C=O) groups is 1. The zero-order chi connectivity index (χ0) is 16.3. The van der Waals surface area contributed by atoms with E-state index < -0.39 is 11.7 Å². The molecule has 1 aliphatic heterocycles. The number of hydrogen-bond donors (Lipinski definition) is 1. The second-order valence-corrected chi connectivity index (χ2v) is 5.46. The Balaban J connectivity index is 1.94. The van der Waals surface area contributed by atoms with Gasteiger partial charge in [0, 0.05) is 31.3 Å². The van der Waals surface area contributed by atoms with Gasteiger partial charge in [-0.05, 0) is 19.9 Å². The fourth-order valence-corrected chi connectivity index (χ4v) is 2.17. The molecule has 5 nitrogen and oxygen atoms in total. The molecule has 1 saturated heterocycles. The number of likely N-dealkylation sites (tertiary alicyclic amines) is 1. The van der Waals surface area contributed by atoms with Crippen molar-refractivity contribution in [3.63, 3.8) is 0 Å². The van der Waals surface area contributed by atoms with Crippen LogP contribution in [0.4, 0.5) is 18.0 Å². The van der Waals surface area contributed by atoms with Gasteiger partial charge < -0.3 is 15.0 Å². The van der Waals surface area contributed by atoms with Crippen LogP contribution >= 0.6 is 0 Å². The van der Waals surface area contributed by atoms with Crippen LogP contribution in [0.1, 0.15) is 25.8 Å². The van der Waals surface area contributed by atoms with Crippen molar-refractivity contribution in [3.8, 4) is 5.88 Å². The first-order valence-electron chi connectivity index (χ1n) is 7.01. The third kappa shape index (κ3) is 4.25. The molecule has 2 rings (SSSR count). The Morgan fingerprint density at radius 2 is 2.23 bits per heavy atom. The molecule has 0 spiro atoms. The third-order valence-corrected chi connectivity index (χ3v) is 3.19. The van der Waals surface area contributed by atoms with Gasteiger partial charge in [0.1, 0.15) is 6.10 Å². The fraction of sp³-hybridized carbons (Fsp3) is 0.571. The number of rotatable bonds is 3. The van der Waals surface area contributed by atoms with Crippen LogP contribution in [-0.2, 0) is 6.18 Å². The van der Waals surface area contributed by atoms with Crippen molar-refractivity contribution in [2.24, 2.45) is 0 Å². The van der Waals surface area contributed by atoms with E-state index in [4.69, 9.17) is 4.74 Å². The van der Waals surface area contributed by atoms with Crippen molar-refractivity contribution in [3.05, 3.63) is 23.9 Å². The van der Waals surface area contributed by atoms with Crippen LogP contribution in [0.5, 0.6) is 5.88 Å². The van der Waals surface area contributed by atoms with E-state index in [1.807, 2.05) is 13.8 Å². The van der Waals surface area contributed by atoms with Crippen molar-refractivity contribution in [1.29, 1.82) is 0 Å². The summed E-state index contributed by atoms with van der Waals surface area (Å²) in [7, 11) is 0. The Morgan fingerprint density at radius 1 is 1.50 bits per heavy atom. The van der Waals surface area contributed by atoms with E-state index in [9.17, 15) is 18.0 Å². The minimum Gasteiger partial charge on any atom is -0.472 e. The summed E-state index contributed by atoms with van der Waals surface area (Å²) in [6.45, 7) is 4.54. The van der Waals surface area contributed by atoms with E-state index in [2.05, 4.69) is 10.3 Å². The van der Waals surface area contributed by atoms with Gasteiger partial charge in [0.25, 0.3) is 0 Å². The minimum absolute atomic E-state index is 0.0256. The number of nitrogens with one attached hydrogen (secondary N) is 1. The molecule has 1 aliphatic rings. The zero-order valence-corrected chi connectivity index (χ0v) is 12.4. The molecule has 1 unspecified atom stereocenters. The average molecular weight is 317 g/mol. The molecule has 0 radical (unpaired) electrons. The fourth-order valence-electron chi connectivity index (χ4n) is 2.17. The zero-order valence-electron chi connectivity index (χ0n) is 12.4. The molecule has 0 aromatic carbocycles. The van der Waals surface area contributed by atoms with Crippen molar-refractivity contribution >= 4 is 6.03 Å². The molecule has 0 bridgehead atoms. The highest BCUT2D eigenvalue weighted by Gasteiger charge is 2.32. The lowest BCUT2D eigenvalue weighted by Gasteiger charge is -2.19. The molecule has 1 aromatic heterocycles. The normalized spacial score (nSPS) is 18.6. The second-order valence-electron chi connectivity index (χ2n) is 5.46. The Hall–Kier alpha value is -1.99. The summed E-state index contributed by atoms with van der Waals surface area (Å²) in [6.07, 6.45) is -3.16. The summed E-state index contributed by atoms with van der Waals surface area (Å²) in [5.74, 6) is -0.0778. The van der Waals surface area contributed by atoms with E-state index in [0.29, 0.717) is 19.5 Å². The van der Waals surface area contributed by atoms with Crippen molar-refractivity contribution in [2.75, 3.05) is 13.1 Å². The molecule has 8 heteroatoms.